The maximum atomic E-state index is 13.2. The summed E-state index contributed by atoms with van der Waals surface area (Å²) >= 11 is 0. The van der Waals surface area contributed by atoms with Gasteiger partial charge in [0.05, 0.1) is 95.0 Å². The summed E-state index contributed by atoms with van der Waals surface area (Å²) in [5.41, 5.74) is 15.7. The SMILES string of the molecule is COC[C@H]1[C@@H](c2ccc(C#Cc3cccc(OC)c3)cc2)[C@@H]2CN(C(C)=O)CC(=O)N12.COC[C@H]1[C@@H](c2ccc(C#Cc3ccccc3)cc2)[C@H]2CN(C(=O)CC3CC3)CC(=O)N21.Cc1ccccc1-c1ccc([C@H]2[C@@H](CO)N3C(=O)CN(C(=O)Nc4ccc(F)cc4)C[C@H]23)cc1.Cc1ccccc1-c1ccc([C@H]2[C@H](CO)N3C(=O)CN(C(=O)NC4CCCC4)C[C@@H]23)cc1. The largest absolute Gasteiger partial charge is 0.497 e. The maximum absolute atomic E-state index is 13.2. The van der Waals surface area contributed by atoms with E-state index in [1.54, 1.807) is 45.8 Å². The lowest BCUT2D eigenvalue weighted by Gasteiger charge is -2.59. The van der Waals surface area contributed by atoms with Gasteiger partial charge in [0.15, 0.2) is 0 Å². The molecule has 9 aromatic rings. The number of piperazine rings is 4. The Hall–Kier alpha value is -13.0. The molecule has 129 heavy (non-hydrogen) atoms. The van der Waals surface area contributed by atoms with Crippen molar-refractivity contribution in [2.45, 2.75) is 144 Å². The lowest BCUT2D eigenvalue weighted by molar-refractivity contribution is -0.167. The normalized spacial score (nSPS) is 23.4. The first-order valence-corrected chi connectivity index (χ1v) is 44.8. The first-order valence-electron chi connectivity index (χ1n) is 44.8. The molecular weight excluding hydrogens is 1630 g/mol. The minimum absolute atomic E-state index is 0.00877. The van der Waals surface area contributed by atoms with Crippen molar-refractivity contribution in [2.75, 3.05) is 105 Å². The molecule has 666 valence electrons. The van der Waals surface area contributed by atoms with Gasteiger partial charge < -0.3 is 74.3 Å². The molecule has 0 radical (unpaired) electrons. The first-order chi connectivity index (χ1) is 62.7. The van der Waals surface area contributed by atoms with Crippen LogP contribution in [0.15, 0.2) is 224 Å². The number of nitrogens with one attached hydrogen (secondary N) is 2. The van der Waals surface area contributed by atoms with E-state index in [9.17, 15) is 53.0 Å². The average Bonchev–Trinajstić information content (AvgIpc) is 1.38. The molecule has 8 heterocycles. The van der Waals surface area contributed by atoms with Gasteiger partial charge in [0.2, 0.25) is 35.4 Å². The fourth-order valence-electron chi connectivity index (χ4n) is 20.5. The summed E-state index contributed by atoms with van der Waals surface area (Å²) in [6.45, 7) is 8.88. The summed E-state index contributed by atoms with van der Waals surface area (Å²) in [7, 11) is 4.96. The number of urea groups is 2. The van der Waals surface area contributed by atoms with Crippen LogP contribution >= 0.6 is 0 Å². The van der Waals surface area contributed by atoms with Gasteiger partial charge >= 0.3 is 12.1 Å². The van der Waals surface area contributed by atoms with Crippen molar-refractivity contribution in [2.24, 2.45) is 5.92 Å². The molecule has 10 aliphatic rings. The number of hydrogen-bond donors (Lipinski definition) is 4. The standard InChI is InChI=1S/C27H26FN3O3.C27H28N2O3.C26H31N3O3.C25H26N2O4/c1-17-4-2-3-5-22(17)18-6-8-19(9-7-18)26-23-14-30(15-25(33)31(23)24(26)16-32)27(34)29-21-12-10-20(28)11-13-21;1-32-18-24-27(22-13-11-20(12-14-22)8-7-19-5-3-2-4-6-19)23-16-28(17-26(31)29(23)24)25(30)15-21-9-10-21;1-17-6-2-5-9-21(17)18-10-12-19(13-11-18)25-22-14-28(15-24(31)29(22)23(25)16-30)26(32)27-20-7-3-4-8-20;1-17(28)26-14-22-25(23(16-30-2)27(22)24(29)15-26)20-11-9-18(10-12-20)7-8-19-5-4-6-21(13-19)31-3/h2-13,23-24,26,32H,14-16H2,1H3,(H,29,34);2-6,11-14,21,23-24,27H,9-10,15-18H2,1H3;2,5-6,9-13,20,22-23,25,30H,3-4,7-8,14-16H2,1H3,(H,27,32);4-6,9-13,22-23,25H,14-16H2,1-3H3/t23-,24-,26-;23-,24+,27+;22-,23-,25+;22-,23-,25-/m1100/s1. The van der Waals surface area contributed by atoms with Crippen LogP contribution in [0, 0.1) is 49.3 Å². The van der Waals surface area contributed by atoms with E-state index in [1.165, 1.54) is 63.9 Å². The number of halogens is 1. The highest BCUT2D eigenvalue weighted by molar-refractivity contribution is 5.94. The maximum Gasteiger partial charge on any atom is 0.322 e. The zero-order chi connectivity index (χ0) is 90.1. The molecule has 12 atom stereocenters. The van der Waals surface area contributed by atoms with Gasteiger partial charge in [0.1, 0.15) is 24.7 Å². The van der Waals surface area contributed by atoms with Crippen molar-refractivity contribution < 1.29 is 67.2 Å². The number of aliphatic hydroxyl groups is 2. The number of anilines is 1. The number of hydrogen-bond acceptors (Lipinski definition) is 13. The predicted molar refractivity (Wildman–Crippen MR) is 490 cm³/mol. The van der Waals surface area contributed by atoms with E-state index < -0.39 is 6.03 Å². The molecule has 0 aromatic heterocycles. The second kappa shape index (κ2) is 40.1. The van der Waals surface area contributed by atoms with E-state index in [1.807, 2.05) is 113 Å². The van der Waals surface area contributed by atoms with Crippen molar-refractivity contribution in [3.05, 3.63) is 286 Å². The van der Waals surface area contributed by atoms with E-state index in [0.29, 0.717) is 57.4 Å². The summed E-state index contributed by atoms with van der Waals surface area (Å²) in [5.74, 6) is 13.8. The number of carbonyl (C=O) groups is 8. The van der Waals surface area contributed by atoms with Crippen molar-refractivity contribution >= 4 is 53.2 Å². The van der Waals surface area contributed by atoms with Gasteiger partial charge in [-0.15, -0.1) is 0 Å². The zero-order valence-electron chi connectivity index (χ0n) is 73.7. The summed E-state index contributed by atoms with van der Waals surface area (Å²) in [6, 6.07) is 71.6. The molecule has 2 aliphatic carbocycles. The van der Waals surface area contributed by atoms with Crippen molar-refractivity contribution in [3.63, 3.8) is 0 Å². The molecule has 2 saturated carbocycles. The number of methoxy groups -OCH3 is 3. The van der Waals surface area contributed by atoms with Crippen LogP contribution in [-0.4, -0.2) is 251 Å². The smallest absolute Gasteiger partial charge is 0.322 e. The number of aliphatic hydroxyl groups excluding tert-OH is 2. The van der Waals surface area contributed by atoms with Crippen LogP contribution in [0.1, 0.15) is 131 Å². The Morgan fingerprint density at radius 1 is 0.426 bits per heavy atom. The minimum atomic E-state index is -0.402. The van der Waals surface area contributed by atoms with Crippen molar-refractivity contribution in [1.82, 2.24) is 44.5 Å². The molecule has 0 spiro atoms. The summed E-state index contributed by atoms with van der Waals surface area (Å²) in [5, 5.41) is 25.9. The summed E-state index contributed by atoms with van der Waals surface area (Å²) in [6.07, 6.45) is 7.21. The lowest BCUT2D eigenvalue weighted by Crippen LogP contribution is -2.74. The molecule has 10 fully saturated rings. The Morgan fingerprint density at radius 2 is 0.814 bits per heavy atom. The Morgan fingerprint density at radius 3 is 1.26 bits per heavy atom. The third kappa shape index (κ3) is 19.7. The number of benzene rings is 9. The van der Waals surface area contributed by atoms with E-state index in [2.05, 4.69) is 145 Å². The summed E-state index contributed by atoms with van der Waals surface area (Å²) < 4.78 is 29.2. The number of nitrogens with zero attached hydrogens (tertiary/aromatic N) is 8. The highest BCUT2D eigenvalue weighted by Crippen LogP contribution is 2.48. The first kappa shape index (κ1) is 89.4. The summed E-state index contributed by atoms with van der Waals surface area (Å²) in [4.78, 5) is 115. The van der Waals surface area contributed by atoms with Gasteiger partial charge in [-0.05, 0) is 180 Å². The van der Waals surface area contributed by atoms with Gasteiger partial charge in [0.25, 0.3) is 0 Å². The molecule has 8 aliphatic heterocycles. The Balaban J connectivity index is 0.000000126. The van der Waals surface area contributed by atoms with Gasteiger partial charge in [-0.3, -0.25) is 28.8 Å². The molecule has 19 rings (SSSR count). The third-order valence-corrected chi connectivity index (χ3v) is 27.3. The monoisotopic (exact) mass is 1740 g/mol. The molecule has 10 amide bonds. The zero-order valence-corrected chi connectivity index (χ0v) is 73.7. The molecule has 0 bridgehead atoms. The van der Waals surface area contributed by atoms with Crippen LogP contribution < -0.4 is 15.4 Å². The van der Waals surface area contributed by atoms with Crippen LogP contribution in [0.5, 0.6) is 5.75 Å². The van der Waals surface area contributed by atoms with Crippen LogP contribution in [0.3, 0.4) is 0 Å². The fraction of sp³-hybridized carbons (Fsp3) is 0.371. The van der Waals surface area contributed by atoms with Gasteiger partial charge in [-0.2, -0.15) is 0 Å². The number of carbonyl (C=O) groups excluding carboxylic acids is 8. The van der Waals surface area contributed by atoms with Crippen LogP contribution in [0.2, 0.25) is 0 Å². The number of fused-ring (bicyclic) bond motifs is 4. The highest BCUT2D eigenvalue weighted by atomic mass is 19.1. The molecule has 4 N–H and O–H groups in total. The molecule has 23 nitrogen and oxygen atoms in total. The van der Waals surface area contributed by atoms with E-state index >= 15 is 0 Å². The number of rotatable bonds is 17. The lowest BCUT2D eigenvalue weighted by atomic mass is 9.73. The predicted octanol–water partition coefficient (Wildman–Crippen LogP) is 12.6. The van der Waals surface area contributed by atoms with Crippen LogP contribution in [-0.2, 0) is 38.2 Å². The van der Waals surface area contributed by atoms with Crippen LogP contribution in [0.25, 0.3) is 22.3 Å². The highest BCUT2D eigenvalue weighted by Gasteiger charge is 2.59. The fourth-order valence-corrected chi connectivity index (χ4v) is 20.5. The molecular formula is C105H111FN10O13. The Bertz CT molecular complexity index is 5690. The van der Waals surface area contributed by atoms with E-state index in [0.717, 1.165) is 94.3 Å². The average molecular weight is 1740 g/mol. The van der Waals surface area contributed by atoms with E-state index in [4.69, 9.17) is 14.2 Å². The number of aryl methyl sites for hydroxylation is 2. The number of amides is 10. The third-order valence-electron chi connectivity index (χ3n) is 27.3. The van der Waals surface area contributed by atoms with Crippen molar-refractivity contribution in [1.29, 1.82) is 0 Å². The molecule has 9 aromatic carbocycles. The molecule has 8 saturated heterocycles. The van der Waals surface area contributed by atoms with Gasteiger partial charge in [-0.1, -0.05) is 182 Å². The molecule has 0 unspecified atom stereocenters. The Kier molecular flexibility index (Phi) is 27.8. The second-order valence-corrected chi connectivity index (χ2v) is 35.3. The topological polar surface area (TPSA) is 255 Å². The second-order valence-electron chi connectivity index (χ2n) is 35.3. The van der Waals surface area contributed by atoms with E-state index in [-0.39, 0.29) is 165 Å². The minimum Gasteiger partial charge on any atom is -0.497 e. The van der Waals surface area contributed by atoms with Gasteiger partial charge in [0, 0.05) is 111 Å². The van der Waals surface area contributed by atoms with Crippen LogP contribution in [0.4, 0.5) is 19.7 Å². The van der Waals surface area contributed by atoms with Crippen molar-refractivity contribution in [3.8, 4) is 51.7 Å². The number of ether oxygens (including phenoxy) is 3. The quantitative estimate of drug-likeness (QED) is 0.0620. The van der Waals surface area contributed by atoms with Gasteiger partial charge in [-0.25, -0.2) is 14.0 Å². The molecule has 24 heteroatoms. The Labute approximate surface area is 753 Å².